The second kappa shape index (κ2) is 18.2. The molecule has 25 heteroatoms. The number of ketones is 1. The number of aromatic nitrogens is 12. The molecule has 0 radical (unpaired) electrons. The Bertz CT molecular complexity index is 2780. The van der Waals surface area contributed by atoms with E-state index in [4.69, 9.17) is 0 Å². The van der Waals surface area contributed by atoms with Crippen LogP contribution in [-0.4, -0.2) is 139 Å². The maximum Gasteiger partial charge on any atom is 0.443 e. The van der Waals surface area contributed by atoms with E-state index in [9.17, 15) is 26.3 Å². The minimum Gasteiger partial charge on any atom is -0.359 e. The Morgan fingerprint density at radius 2 is 1.09 bits per heavy atom. The predicted molar refractivity (Wildman–Crippen MR) is 241 cm³/mol. The summed E-state index contributed by atoms with van der Waals surface area (Å²) in [5.41, 5.74) is 3.20. The highest BCUT2D eigenvalue weighted by Gasteiger charge is 2.44. The zero-order chi connectivity index (χ0) is 47.3. The molecular weight excluding hydrogens is 935 g/mol. The third-order valence-corrected chi connectivity index (χ3v) is 14.5. The Hall–Kier alpha value is -6.57. The van der Waals surface area contributed by atoms with Crippen molar-refractivity contribution in [1.82, 2.24) is 69.6 Å². The molecule has 2 fully saturated rings. The lowest BCUT2D eigenvalue weighted by atomic mass is 9.90. The van der Waals surface area contributed by atoms with Gasteiger partial charge < -0.3 is 19.8 Å². The molecule has 2 N–H and O–H groups in total. The Kier molecular flexibility index (Phi) is 12.1. The number of rotatable bonds is 12. The lowest BCUT2D eigenvalue weighted by Gasteiger charge is -2.47. The summed E-state index contributed by atoms with van der Waals surface area (Å²) in [5.74, 6) is 0.179. The lowest BCUT2D eigenvalue weighted by Crippen LogP contribution is -2.63. The van der Waals surface area contributed by atoms with Gasteiger partial charge in [0.2, 0.25) is 10.0 Å². The van der Waals surface area contributed by atoms with Gasteiger partial charge in [-0.15, -0.1) is 0 Å². The highest BCUT2D eigenvalue weighted by Crippen LogP contribution is 2.45. The van der Waals surface area contributed by atoms with E-state index in [2.05, 4.69) is 69.6 Å². The number of thiazole rings is 2. The molecule has 8 aromatic heterocycles. The molecule has 10 rings (SSSR count). The summed E-state index contributed by atoms with van der Waals surface area (Å²) >= 11 is 1.08. The van der Waals surface area contributed by atoms with Crippen LogP contribution in [0.2, 0.25) is 0 Å². The first-order valence-corrected chi connectivity index (χ1v) is 23.1. The largest absolute Gasteiger partial charge is 0.443 e. The number of anilines is 2. The fraction of sp³-hybridized carbons (Fsp3) is 0.372. The highest BCUT2D eigenvalue weighted by atomic mass is 32.1. The molecule has 2 saturated heterocycles. The number of piperazine rings is 2. The molecule has 4 atom stereocenters. The number of hydrogen-bond donors (Lipinski definition) is 2. The smallest absolute Gasteiger partial charge is 0.359 e. The number of H-pyrrole nitrogens is 2. The van der Waals surface area contributed by atoms with Crippen molar-refractivity contribution in [3.8, 4) is 23.0 Å². The van der Waals surface area contributed by atoms with Gasteiger partial charge in [-0.05, 0) is 49.9 Å². The number of fused-ring (bicyclic) bond motifs is 2. The van der Waals surface area contributed by atoms with Crippen LogP contribution in [0.3, 0.4) is 0 Å². The molecule has 2 aliphatic rings. The number of nitrogens with zero attached hydrogens (tertiary/aromatic N) is 14. The topological polar surface area (TPSA) is 191 Å². The van der Waals surface area contributed by atoms with Gasteiger partial charge in [-0.1, -0.05) is 34.8 Å². The quantitative estimate of drug-likeness (QED) is 0.124. The third-order valence-electron chi connectivity index (χ3n) is 12.2. The van der Waals surface area contributed by atoms with Gasteiger partial charge >= 0.3 is 12.4 Å². The number of alkyl halides is 6. The molecule has 0 saturated carbocycles. The van der Waals surface area contributed by atoms with Gasteiger partial charge in [0.1, 0.15) is 45.1 Å². The second-order valence-corrected chi connectivity index (χ2v) is 18.6. The van der Waals surface area contributed by atoms with Crippen molar-refractivity contribution in [2.24, 2.45) is 0 Å². The van der Waals surface area contributed by atoms with E-state index in [1.807, 2.05) is 35.8 Å². The van der Waals surface area contributed by atoms with Gasteiger partial charge in [-0.3, -0.25) is 24.6 Å². The Morgan fingerprint density at radius 3 is 1.46 bits per heavy atom. The predicted octanol–water partition coefficient (Wildman–Crippen LogP) is 6.61. The summed E-state index contributed by atoms with van der Waals surface area (Å²) in [6.45, 7) is 5.59. The summed E-state index contributed by atoms with van der Waals surface area (Å²) in [4.78, 5) is 71.5. The number of pyridine rings is 2. The Labute approximate surface area is 390 Å². The van der Waals surface area contributed by atoms with Gasteiger partial charge in [-0.25, -0.2) is 39.9 Å². The van der Waals surface area contributed by atoms with Crippen LogP contribution in [0.25, 0.3) is 45.4 Å². The van der Waals surface area contributed by atoms with Crippen LogP contribution in [0.4, 0.5) is 36.3 Å². The maximum absolute atomic E-state index is 15.7. The van der Waals surface area contributed by atoms with Crippen molar-refractivity contribution in [3.63, 3.8) is 0 Å². The van der Waals surface area contributed by atoms with E-state index in [0.717, 1.165) is 11.1 Å². The standard InChI is InChI=1S/C43H40F6N16OS2/c1-23-19-62(38-31(58-40(67-38)42(44,45)46)36-56-27-17-52-21-54-34(27)60-36)9-11-64(23)29(13-25-5-3-7-50-15-25)33(66)30(14-26-6-4-8-51-16-26)65-12-10-63(20-24(65)2)39-32(59-41(68-39)43(47,48)49)37-57-28-18-53-22-55-35(28)61-37/h3-8,15-18,21-24,29-30H,9-14,19-20H2,1-2H3,(H,52,54,56,60)(H,53,55,57,61)/t23-,24-,29?,30?/m1/s1. The van der Waals surface area contributed by atoms with E-state index in [-0.39, 0.29) is 88.4 Å². The van der Waals surface area contributed by atoms with E-state index in [1.165, 1.54) is 25.0 Å². The number of nitrogens with one attached hydrogen (secondary N) is 2. The molecule has 8 aromatic rings. The van der Waals surface area contributed by atoms with Crippen LogP contribution >= 0.6 is 22.7 Å². The summed E-state index contributed by atoms with van der Waals surface area (Å²) in [6.07, 6.45) is 3.50. The summed E-state index contributed by atoms with van der Waals surface area (Å²) < 4.78 is 85.6. The normalized spacial score (nSPS) is 18.7. The molecule has 10 heterocycles. The molecule has 2 unspecified atom stereocenters. The van der Waals surface area contributed by atoms with Gasteiger partial charge in [-0.2, -0.15) is 26.3 Å². The summed E-state index contributed by atoms with van der Waals surface area (Å²) in [5, 5.41) is -1.46. The number of carbonyl (C=O) groups excluding carboxylic acids is 1. The minimum atomic E-state index is -4.71. The highest BCUT2D eigenvalue weighted by molar-refractivity contribution is 7.16. The average molecular weight is 975 g/mol. The summed E-state index contributed by atoms with van der Waals surface area (Å²) in [7, 11) is 0. The first-order chi connectivity index (χ1) is 32.7. The molecule has 0 amide bonds. The third kappa shape index (κ3) is 9.09. The molecule has 0 aromatic carbocycles. The van der Waals surface area contributed by atoms with E-state index in [0.29, 0.717) is 59.6 Å². The molecule has 0 bridgehead atoms. The fourth-order valence-corrected chi connectivity index (χ4v) is 11.0. The van der Waals surface area contributed by atoms with Crippen molar-refractivity contribution in [3.05, 3.63) is 95.2 Å². The van der Waals surface area contributed by atoms with Crippen LogP contribution in [0.5, 0.6) is 0 Å². The average Bonchev–Trinajstić information content (AvgIpc) is 4.15. The molecule has 0 spiro atoms. The van der Waals surface area contributed by atoms with Gasteiger partial charge in [0, 0.05) is 76.1 Å². The first kappa shape index (κ1) is 45.2. The van der Waals surface area contributed by atoms with Crippen molar-refractivity contribution in [2.75, 3.05) is 49.1 Å². The Morgan fingerprint density at radius 1 is 0.647 bits per heavy atom. The van der Waals surface area contributed by atoms with Crippen LogP contribution < -0.4 is 9.80 Å². The van der Waals surface area contributed by atoms with Crippen LogP contribution in [0.1, 0.15) is 35.0 Å². The number of imidazole rings is 2. The van der Waals surface area contributed by atoms with Crippen molar-refractivity contribution in [2.45, 2.75) is 63.2 Å². The van der Waals surface area contributed by atoms with Gasteiger partial charge in [0.15, 0.2) is 28.7 Å². The summed E-state index contributed by atoms with van der Waals surface area (Å²) in [6, 6.07) is 5.32. The number of carbonyl (C=O) groups is 1. The number of aromatic amines is 2. The molecule has 68 heavy (non-hydrogen) atoms. The molecule has 2 aliphatic heterocycles. The lowest BCUT2D eigenvalue weighted by molar-refractivity contribution is -0.138. The molecule has 352 valence electrons. The van der Waals surface area contributed by atoms with Crippen LogP contribution in [-0.2, 0) is 30.0 Å². The number of halogens is 6. The van der Waals surface area contributed by atoms with E-state index in [1.54, 1.807) is 36.9 Å². The maximum atomic E-state index is 15.7. The van der Waals surface area contributed by atoms with Gasteiger partial charge in [0.25, 0.3) is 0 Å². The SMILES string of the molecule is C[C@@H]1CN(c2sc(C(F)(F)F)nc2-c2nc3ncncc3[nH]2)CCN1C(Cc1cccnc1)C(=O)C(Cc1cccnc1)N1CCN(c2sc(C(F)(F)F)nc2-c2nc3ncncc3[nH]2)C[C@H]1C. The van der Waals surface area contributed by atoms with Crippen molar-refractivity contribution < 1.29 is 31.1 Å². The van der Waals surface area contributed by atoms with Crippen molar-refractivity contribution in [1.29, 1.82) is 0 Å². The Balaban J connectivity index is 0.953. The molecule has 0 aliphatic carbocycles. The second-order valence-electron chi connectivity index (χ2n) is 16.7. The number of Topliss-reactive ketones (excluding diaryl/α,β-unsaturated/α-hetero) is 1. The number of hydrogen-bond acceptors (Lipinski definition) is 17. The van der Waals surface area contributed by atoms with Gasteiger partial charge in [0.05, 0.1) is 24.5 Å². The molecular formula is C43H40F6N16OS2. The zero-order valence-electron chi connectivity index (χ0n) is 36.1. The minimum absolute atomic E-state index is 0.0422. The van der Waals surface area contributed by atoms with Crippen LogP contribution in [0.15, 0.2) is 74.1 Å². The van der Waals surface area contributed by atoms with E-state index < -0.39 is 34.5 Å². The molecule has 17 nitrogen and oxygen atoms in total. The first-order valence-electron chi connectivity index (χ1n) is 21.5. The monoisotopic (exact) mass is 974 g/mol. The van der Waals surface area contributed by atoms with E-state index >= 15 is 4.79 Å². The van der Waals surface area contributed by atoms with Crippen LogP contribution in [0, 0.1) is 0 Å². The zero-order valence-corrected chi connectivity index (χ0v) is 37.8. The van der Waals surface area contributed by atoms with Crippen molar-refractivity contribution >= 4 is 60.8 Å². The fourth-order valence-electron chi connectivity index (χ4n) is 9.06.